The van der Waals surface area contributed by atoms with Crippen molar-refractivity contribution in [2.24, 2.45) is 0 Å². The summed E-state index contributed by atoms with van der Waals surface area (Å²) < 4.78 is 11.7. The van der Waals surface area contributed by atoms with Gasteiger partial charge in [0.1, 0.15) is 18.2 Å². The topological polar surface area (TPSA) is 62.6 Å². The normalized spacial score (nSPS) is 12.8. The summed E-state index contributed by atoms with van der Waals surface area (Å²) in [6.07, 6.45) is 2.36. The zero-order valence-corrected chi connectivity index (χ0v) is 20.1. The third-order valence-electron chi connectivity index (χ3n) is 5.44. The molecule has 34 heavy (non-hydrogen) atoms. The highest BCUT2D eigenvalue weighted by Crippen LogP contribution is 2.32. The van der Waals surface area contributed by atoms with Crippen LogP contribution in [0.25, 0.3) is 6.08 Å². The highest BCUT2D eigenvalue weighted by atomic mass is 35.5. The van der Waals surface area contributed by atoms with Crippen LogP contribution in [0.2, 0.25) is 10.0 Å². The molecule has 5 nitrogen and oxygen atoms in total. The Morgan fingerprint density at radius 1 is 1.06 bits per heavy atom. The second-order valence-electron chi connectivity index (χ2n) is 7.68. The quantitative estimate of drug-likeness (QED) is 0.280. The lowest BCUT2D eigenvalue weighted by molar-refractivity contribution is -0.114. The number of amides is 1. The summed E-state index contributed by atoms with van der Waals surface area (Å²) in [5, 5.41) is 10.6. The van der Waals surface area contributed by atoms with Crippen LogP contribution in [0.3, 0.4) is 0 Å². The molecule has 3 aromatic carbocycles. The monoisotopic (exact) mass is 492 g/mol. The molecule has 0 saturated carbocycles. The van der Waals surface area contributed by atoms with Gasteiger partial charge in [-0.2, -0.15) is 5.26 Å². The number of nitrogens with zero attached hydrogens (tertiary/aromatic N) is 2. The van der Waals surface area contributed by atoms with Gasteiger partial charge < -0.3 is 14.4 Å². The van der Waals surface area contributed by atoms with Gasteiger partial charge in [-0.15, -0.1) is 0 Å². The third kappa shape index (κ3) is 5.20. The van der Waals surface area contributed by atoms with Gasteiger partial charge in [0, 0.05) is 12.2 Å². The number of hydrogen-bond donors (Lipinski definition) is 0. The molecule has 3 aromatic rings. The summed E-state index contributed by atoms with van der Waals surface area (Å²) in [4.78, 5) is 14.7. The fourth-order valence-corrected chi connectivity index (χ4v) is 4.12. The molecule has 0 saturated heterocycles. The summed E-state index contributed by atoms with van der Waals surface area (Å²) in [5.41, 5.74) is 3.56. The predicted molar refractivity (Wildman–Crippen MR) is 134 cm³/mol. The minimum absolute atomic E-state index is 0.0589. The molecule has 1 heterocycles. The molecule has 172 valence electrons. The molecular formula is C27H22Cl2N2O3. The van der Waals surface area contributed by atoms with E-state index >= 15 is 0 Å². The number of rotatable bonds is 7. The molecule has 0 N–H and O–H groups in total. The first-order valence-electron chi connectivity index (χ1n) is 10.8. The van der Waals surface area contributed by atoms with Gasteiger partial charge in [-0.05, 0) is 66.4 Å². The van der Waals surface area contributed by atoms with E-state index in [1.165, 1.54) is 0 Å². The van der Waals surface area contributed by atoms with Gasteiger partial charge in [0.15, 0.2) is 11.5 Å². The van der Waals surface area contributed by atoms with Crippen LogP contribution in [0.4, 0.5) is 5.69 Å². The molecule has 0 bridgehead atoms. The number of benzene rings is 3. The molecule has 0 aromatic heterocycles. The highest BCUT2D eigenvalue weighted by Gasteiger charge is 2.26. The maximum atomic E-state index is 13.1. The van der Waals surface area contributed by atoms with Crippen molar-refractivity contribution in [3.8, 4) is 17.6 Å². The Bertz CT molecular complexity index is 1300. The molecule has 0 fully saturated rings. The lowest BCUT2D eigenvalue weighted by atomic mass is 10.1. The van der Waals surface area contributed by atoms with Crippen molar-refractivity contribution in [2.75, 3.05) is 18.1 Å². The van der Waals surface area contributed by atoms with E-state index in [0.717, 1.165) is 23.2 Å². The highest BCUT2D eigenvalue weighted by molar-refractivity contribution is 6.42. The van der Waals surface area contributed by atoms with Crippen LogP contribution < -0.4 is 14.4 Å². The van der Waals surface area contributed by atoms with Crippen molar-refractivity contribution in [1.29, 1.82) is 5.26 Å². The van der Waals surface area contributed by atoms with Crippen LogP contribution in [0, 0.1) is 11.3 Å². The predicted octanol–water partition coefficient (Wildman–Crippen LogP) is 6.47. The SMILES string of the molecule is CCOc1cc(C=C(C#N)C(=O)N2CCc3ccccc32)ccc1OCc1ccc(Cl)c(Cl)c1. The van der Waals surface area contributed by atoms with Gasteiger partial charge in [0.25, 0.3) is 5.91 Å². The van der Waals surface area contributed by atoms with Crippen LogP contribution in [0.15, 0.2) is 66.2 Å². The number of ether oxygens (including phenoxy) is 2. The molecule has 1 aliphatic heterocycles. The standard InChI is InChI=1S/C27H22Cl2N2O3/c1-2-33-26-15-18(8-10-25(26)34-17-19-7-9-22(28)23(29)14-19)13-21(16-30)27(32)31-12-11-20-5-3-4-6-24(20)31/h3-10,13-15H,2,11-12,17H2,1H3. The van der Waals surface area contributed by atoms with E-state index in [0.29, 0.717) is 40.3 Å². The van der Waals surface area contributed by atoms with Crippen LogP contribution >= 0.6 is 23.2 Å². The van der Waals surface area contributed by atoms with Crippen molar-refractivity contribution in [3.63, 3.8) is 0 Å². The molecule has 0 radical (unpaired) electrons. The van der Waals surface area contributed by atoms with Crippen molar-refractivity contribution < 1.29 is 14.3 Å². The molecule has 0 spiro atoms. The third-order valence-corrected chi connectivity index (χ3v) is 6.18. The smallest absolute Gasteiger partial charge is 0.268 e. The van der Waals surface area contributed by atoms with E-state index in [1.807, 2.05) is 37.3 Å². The van der Waals surface area contributed by atoms with Crippen molar-refractivity contribution >= 4 is 40.9 Å². The summed E-state index contributed by atoms with van der Waals surface area (Å²) in [6.45, 7) is 3.15. The van der Waals surface area contributed by atoms with E-state index in [4.69, 9.17) is 32.7 Å². The zero-order valence-electron chi connectivity index (χ0n) is 18.6. The van der Waals surface area contributed by atoms with E-state index in [9.17, 15) is 10.1 Å². The van der Waals surface area contributed by atoms with Gasteiger partial charge in [-0.1, -0.05) is 53.5 Å². The summed E-state index contributed by atoms with van der Waals surface area (Å²) in [7, 11) is 0. The number of hydrogen-bond acceptors (Lipinski definition) is 4. The van der Waals surface area contributed by atoms with Crippen molar-refractivity contribution in [1.82, 2.24) is 0 Å². The molecule has 4 rings (SSSR count). The summed E-state index contributed by atoms with van der Waals surface area (Å²) in [6, 6.07) is 20.4. The van der Waals surface area contributed by atoms with Crippen LogP contribution in [-0.4, -0.2) is 19.1 Å². The fourth-order valence-electron chi connectivity index (χ4n) is 3.80. The molecule has 0 unspecified atom stereocenters. The Labute approximate surface area is 208 Å². The number of fused-ring (bicyclic) bond motifs is 1. The molecule has 1 amide bonds. The Balaban J connectivity index is 1.55. The second kappa shape index (κ2) is 10.6. The number of carbonyl (C=O) groups is 1. The number of carbonyl (C=O) groups excluding carboxylic acids is 1. The van der Waals surface area contributed by atoms with E-state index < -0.39 is 0 Å². The first kappa shape index (κ1) is 23.7. The molecule has 1 aliphatic rings. The average molecular weight is 493 g/mol. The summed E-state index contributed by atoms with van der Waals surface area (Å²) >= 11 is 12.1. The van der Waals surface area contributed by atoms with Gasteiger partial charge in [-0.25, -0.2) is 0 Å². The lowest BCUT2D eigenvalue weighted by Crippen LogP contribution is -2.29. The Morgan fingerprint density at radius 2 is 1.88 bits per heavy atom. The Kier molecular flexibility index (Phi) is 7.42. The van der Waals surface area contributed by atoms with E-state index in [1.54, 1.807) is 41.3 Å². The Morgan fingerprint density at radius 3 is 2.65 bits per heavy atom. The minimum atomic E-state index is -0.314. The van der Waals surface area contributed by atoms with Gasteiger partial charge in [0.05, 0.1) is 16.7 Å². The van der Waals surface area contributed by atoms with Crippen LogP contribution in [-0.2, 0) is 17.8 Å². The first-order chi connectivity index (χ1) is 16.5. The number of halogens is 2. The van der Waals surface area contributed by atoms with E-state index in [2.05, 4.69) is 6.07 Å². The lowest BCUT2D eigenvalue weighted by Gasteiger charge is -2.17. The average Bonchev–Trinajstić information content (AvgIpc) is 3.28. The second-order valence-corrected chi connectivity index (χ2v) is 8.50. The summed E-state index contributed by atoms with van der Waals surface area (Å²) in [5.74, 6) is 0.751. The largest absolute Gasteiger partial charge is 0.490 e. The van der Waals surface area contributed by atoms with Crippen LogP contribution in [0.1, 0.15) is 23.6 Å². The fraction of sp³-hybridized carbons (Fsp3) is 0.185. The minimum Gasteiger partial charge on any atom is -0.490 e. The number of nitriles is 1. The van der Waals surface area contributed by atoms with Gasteiger partial charge in [0.2, 0.25) is 0 Å². The molecule has 0 aliphatic carbocycles. The maximum absolute atomic E-state index is 13.1. The van der Waals surface area contributed by atoms with Gasteiger partial charge >= 0.3 is 0 Å². The zero-order chi connectivity index (χ0) is 24.1. The molecule has 0 atom stereocenters. The number of para-hydroxylation sites is 1. The molecule has 7 heteroatoms. The van der Waals surface area contributed by atoms with Crippen molar-refractivity contribution in [3.05, 3.63) is 93.0 Å². The first-order valence-corrected chi connectivity index (χ1v) is 11.6. The Hall–Kier alpha value is -3.46. The van der Waals surface area contributed by atoms with Gasteiger partial charge in [-0.3, -0.25) is 4.79 Å². The van der Waals surface area contributed by atoms with E-state index in [-0.39, 0.29) is 18.1 Å². The van der Waals surface area contributed by atoms with Crippen molar-refractivity contribution in [2.45, 2.75) is 20.0 Å². The molecular weight excluding hydrogens is 471 g/mol. The van der Waals surface area contributed by atoms with Crippen LogP contribution in [0.5, 0.6) is 11.5 Å². The maximum Gasteiger partial charge on any atom is 0.268 e. The number of anilines is 1.